The first-order valence-corrected chi connectivity index (χ1v) is 5.62. The molecule has 0 aromatic heterocycles. The molecular weight excluding hydrogens is 180 g/mol. The SMILES string of the molecule is CC(=O)c1ccccc1C1CSC1. The number of rotatable bonds is 2. The minimum Gasteiger partial charge on any atom is -0.295 e. The molecule has 2 rings (SSSR count). The molecule has 1 heterocycles. The number of hydrogen-bond donors (Lipinski definition) is 0. The molecule has 0 spiro atoms. The van der Waals surface area contributed by atoms with Gasteiger partial charge >= 0.3 is 0 Å². The summed E-state index contributed by atoms with van der Waals surface area (Å²) < 4.78 is 0. The lowest BCUT2D eigenvalue weighted by atomic mass is 9.94. The third-order valence-electron chi connectivity index (χ3n) is 2.42. The summed E-state index contributed by atoms with van der Waals surface area (Å²) >= 11 is 1.95. The number of benzene rings is 1. The molecule has 1 fully saturated rings. The summed E-state index contributed by atoms with van der Waals surface area (Å²) in [6.45, 7) is 1.64. The van der Waals surface area contributed by atoms with Crippen LogP contribution in [0.5, 0.6) is 0 Å². The number of thioether (sulfide) groups is 1. The molecule has 0 amide bonds. The van der Waals surface area contributed by atoms with Crippen molar-refractivity contribution in [2.45, 2.75) is 12.8 Å². The van der Waals surface area contributed by atoms with Gasteiger partial charge in [-0.05, 0) is 12.5 Å². The molecule has 2 heteroatoms. The van der Waals surface area contributed by atoms with Gasteiger partial charge in [-0.1, -0.05) is 24.3 Å². The normalized spacial score (nSPS) is 16.7. The van der Waals surface area contributed by atoms with Crippen LogP contribution in [0.4, 0.5) is 0 Å². The third-order valence-corrected chi connectivity index (χ3v) is 3.69. The average Bonchev–Trinajstić information content (AvgIpc) is 2.02. The lowest BCUT2D eigenvalue weighted by molar-refractivity contribution is 0.101. The lowest BCUT2D eigenvalue weighted by Crippen LogP contribution is -2.18. The number of carbonyl (C=O) groups is 1. The highest BCUT2D eigenvalue weighted by molar-refractivity contribution is 8.00. The van der Waals surface area contributed by atoms with Crippen LogP contribution in [0, 0.1) is 0 Å². The molecule has 0 saturated carbocycles. The van der Waals surface area contributed by atoms with Gasteiger partial charge < -0.3 is 0 Å². The Bertz CT molecular complexity index is 329. The molecule has 1 aromatic carbocycles. The second kappa shape index (κ2) is 3.54. The van der Waals surface area contributed by atoms with Crippen LogP contribution in [-0.2, 0) is 0 Å². The first-order valence-electron chi connectivity index (χ1n) is 4.46. The van der Waals surface area contributed by atoms with Gasteiger partial charge in [0.25, 0.3) is 0 Å². The second-order valence-electron chi connectivity index (χ2n) is 3.38. The molecule has 1 aliphatic heterocycles. The molecule has 0 unspecified atom stereocenters. The van der Waals surface area contributed by atoms with E-state index >= 15 is 0 Å². The quantitative estimate of drug-likeness (QED) is 0.670. The van der Waals surface area contributed by atoms with Crippen LogP contribution in [-0.4, -0.2) is 17.3 Å². The van der Waals surface area contributed by atoms with Gasteiger partial charge in [0, 0.05) is 23.0 Å². The maximum absolute atomic E-state index is 11.3. The van der Waals surface area contributed by atoms with E-state index in [0.29, 0.717) is 5.92 Å². The Morgan fingerprint density at radius 3 is 2.62 bits per heavy atom. The number of ketones is 1. The van der Waals surface area contributed by atoms with E-state index in [4.69, 9.17) is 0 Å². The molecule has 0 aliphatic carbocycles. The van der Waals surface area contributed by atoms with Gasteiger partial charge in [-0.25, -0.2) is 0 Å². The van der Waals surface area contributed by atoms with Crippen molar-refractivity contribution < 1.29 is 4.79 Å². The van der Waals surface area contributed by atoms with Crippen molar-refractivity contribution in [3.8, 4) is 0 Å². The highest BCUT2D eigenvalue weighted by Crippen LogP contribution is 2.35. The molecule has 1 aromatic rings. The van der Waals surface area contributed by atoms with Crippen molar-refractivity contribution in [3.63, 3.8) is 0 Å². The van der Waals surface area contributed by atoms with Crippen molar-refractivity contribution >= 4 is 17.5 Å². The van der Waals surface area contributed by atoms with Crippen molar-refractivity contribution in [2.75, 3.05) is 11.5 Å². The van der Waals surface area contributed by atoms with E-state index in [1.807, 2.05) is 30.0 Å². The van der Waals surface area contributed by atoms with Gasteiger partial charge in [0.05, 0.1) is 0 Å². The molecule has 0 N–H and O–H groups in total. The molecular formula is C11H12OS. The maximum atomic E-state index is 11.3. The van der Waals surface area contributed by atoms with E-state index in [-0.39, 0.29) is 5.78 Å². The average molecular weight is 192 g/mol. The van der Waals surface area contributed by atoms with E-state index in [2.05, 4.69) is 6.07 Å². The standard InChI is InChI=1S/C11H12OS/c1-8(12)10-4-2-3-5-11(10)9-6-13-7-9/h2-5,9H,6-7H2,1H3. The van der Waals surface area contributed by atoms with E-state index in [0.717, 1.165) is 5.56 Å². The highest BCUT2D eigenvalue weighted by Gasteiger charge is 2.23. The largest absolute Gasteiger partial charge is 0.295 e. The third kappa shape index (κ3) is 1.63. The first-order chi connectivity index (χ1) is 6.29. The van der Waals surface area contributed by atoms with Crippen LogP contribution in [0.25, 0.3) is 0 Å². The summed E-state index contributed by atoms with van der Waals surface area (Å²) in [5.41, 5.74) is 2.15. The fourth-order valence-electron chi connectivity index (χ4n) is 1.59. The summed E-state index contributed by atoms with van der Waals surface area (Å²) in [5.74, 6) is 3.15. The Morgan fingerprint density at radius 1 is 1.38 bits per heavy atom. The molecule has 13 heavy (non-hydrogen) atoms. The van der Waals surface area contributed by atoms with Gasteiger partial charge in [-0.2, -0.15) is 11.8 Å². The van der Waals surface area contributed by atoms with Gasteiger partial charge in [0.1, 0.15) is 0 Å². The Hall–Kier alpha value is -0.760. The molecule has 1 nitrogen and oxygen atoms in total. The zero-order valence-electron chi connectivity index (χ0n) is 7.62. The van der Waals surface area contributed by atoms with Crippen molar-refractivity contribution in [1.29, 1.82) is 0 Å². The van der Waals surface area contributed by atoms with Crippen LogP contribution in [0.1, 0.15) is 28.8 Å². The van der Waals surface area contributed by atoms with Crippen LogP contribution in [0.2, 0.25) is 0 Å². The van der Waals surface area contributed by atoms with Crippen LogP contribution in [0.3, 0.4) is 0 Å². The van der Waals surface area contributed by atoms with Crippen LogP contribution in [0.15, 0.2) is 24.3 Å². The van der Waals surface area contributed by atoms with E-state index in [9.17, 15) is 4.79 Å². The zero-order chi connectivity index (χ0) is 9.26. The summed E-state index contributed by atoms with van der Waals surface area (Å²) in [4.78, 5) is 11.3. The number of carbonyl (C=O) groups excluding carboxylic acids is 1. The van der Waals surface area contributed by atoms with E-state index in [1.54, 1.807) is 6.92 Å². The van der Waals surface area contributed by atoms with Crippen LogP contribution >= 0.6 is 11.8 Å². The Morgan fingerprint density at radius 2 is 2.08 bits per heavy atom. The van der Waals surface area contributed by atoms with Crippen molar-refractivity contribution in [2.24, 2.45) is 0 Å². The lowest BCUT2D eigenvalue weighted by Gasteiger charge is -2.26. The Labute approximate surface area is 82.5 Å². The van der Waals surface area contributed by atoms with Gasteiger partial charge in [-0.3, -0.25) is 4.79 Å². The van der Waals surface area contributed by atoms with Gasteiger partial charge in [-0.15, -0.1) is 0 Å². The zero-order valence-corrected chi connectivity index (χ0v) is 8.43. The molecule has 0 radical (unpaired) electrons. The predicted octanol–water partition coefficient (Wildman–Crippen LogP) is 2.72. The molecule has 1 saturated heterocycles. The first kappa shape index (κ1) is 8.82. The van der Waals surface area contributed by atoms with Gasteiger partial charge in [0.15, 0.2) is 5.78 Å². The van der Waals surface area contributed by atoms with Crippen LogP contribution < -0.4 is 0 Å². The highest BCUT2D eigenvalue weighted by atomic mass is 32.2. The van der Waals surface area contributed by atoms with Crippen molar-refractivity contribution in [1.82, 2.24) is 0 Å². The topological polar surface area (TPSA) is 17.1 Å². The monoisotopic (exact) mass is 192 g/mol. The fourth-order valence-corrected chi connectivity index (χ4v) is 2.42. The molecule has 68 valence electrons. The Balaban J connectivity index is 2.36. The van der Waals surface area contributed by atoms with E-state index < -0.39 is 0 Å². The Kier molecular flexibility index (Phi) is 2.40. The number of hydrogen-bond acceptors (Lipinski definition) is 2. The maximum Gasteiger partial charge on any atom is 0.160 e. The smallest absolute Gasteiger partial charge is 0.160 e. The van der Waals surface area contributed by atoms with Gasteiger partial charge in [0.2, 0.25) is 0 Å². The minimum atomic E-state index is 0.188. The van der Waals surface area contributed by atoms with Crippen molar-refractivity contribution in [3.05, 3.63) is 35.4 Å². The molecule has 0 atom stereocenters. The minimum absolute atomic E-state index is 0.188. The van der Waals surface area contributed by atoms with E-state index in [1.165, 1.54) is 17.1 Å². The summed E-state index contributed by atoms with van der Waals surface area (Å²) in [5, 5.41) is 0. The second-order valence-corrected chi connectivity index (χ2v) is 4.45. The fraction of sp³-hybridized carbons (Fsp3) is 0.364. The molecule has 0 bridgehead atoms. The summed E-state index contributed by atoms with van der Waals surface area (Å²) in [6.07, 6.45) is 0. The predicted molar refractivity (Wildman–Crippen MR) is 56.5 cm³/mol. The molecule has 1 aliphatic rings. The number of Topliss-reactive ketones (excluding diaryl/α,β-unsaturated/α-hetero) is 1. The summed E-state index contributed by atoms with van der Waals surface area (Å²) in [6, 6.07) is 7.97. The summed E-state index contributed by atoms with van der Waals surface area (Å²) in [7, 11) is 0.